The van der Waals surface area contributed by atoms with Crippen LogP contribution in [0, 0.1) is 6.92 Å². The first-order valence-electron chi connectivity index (χ1n) is 9.77. The molecule has 5 rings (SSSR count). The van der Waals surface area contributed by atoms with Crippen molar-refractivity contribution in [3.63, 3.8) is 0 Å². The summed E-state index contributed by atoms with van der Waals surface area (Å²) in [6, 6.07) is 0.598. The fraction of sp³-hybridized carbons (Fsp3) is 0.778. The van der Waals surface area contributed by atoms with E-state index in [1.165, 1.54) is 31.5 Å². The molecular weight excluding hydrogens is 332 g/mol. The first kappa shape index (κ1) is 16.4. The molecule has 8 heteroatoms. The molecule has 2 aromatic rings. The molecule has 0 aromatic carbocycles. The highest BCUT2D eigenvalue weighted by molar-refractivity contribution is 5.12. The Hall–Kier alpha value is -1.80. The van der Waals surface area contributed by atoms with Gasteiger partial charge in [0.25, 0.3) is 0 Å². The third-order valence-corrected chi connectivity index (χ3v) is 5.70. The summed E-state index contributed by atoms with van der Waals surface area (Å²) < 4.78 is 7.61. The summed E-state index contributed by atoms with van der Waals surface area (Å²) in [5, 5.41) is 23.9. The van der Waals surface area contributed by atoms with Crippen LogP contribution in [-0.4, -0.2) is 53.6 Å². The van der Waals surface area contributed by atoms with Crippen LogP contribution in [-0.2, 0) is 13.0 Å². The molecule has 0 amide bonds. The topological polar surface area (TPSA) is 93.1 Å². The van der Waals surface area contributed by atoms with Crippen LogP contribution < -0.4 is 0 Å². The second-order valence-corrected chi connectivity index (χ2v) is 8.30. The Morgan fingerprint density at radius 2 is 2.08 bits per heavy atom. The number of likely N-dealkylation sites (tertiary alicyclic amines) is 1. The zero-order valence-electron chi connectivity index (χ0n) is 15.3. The minimum Gasteiger partial charge on any atom is -0.388 e. The van der Waals surface area contributed by atoms with Gasteiger partial charge in [0.2, 0.25) is 5.89 Å². The minimum absolute atomic E-state index is 0.410. The third-order valence-electron chi connectivity index (χ3n) is 5.70. The van der Waals surface area contributed by atoms with Crippen molar-refractivity contribution in [2.45, 2.75) is 76.0 Å². The number of aliphatic hydroxyl groups is 1. The molecule has 1 aliphatic heterocycles. The van der Waals surface area contributed by atoms with Crippen LogP contribution in [0.5, 0.6) is 0 Å². The summed E-state index contributed by atoms with van der Waals surface area (Å²) in [6.45, 7) is 4.12. The van der Waals surface area contributed by atoms with Crippen molar-refractivity contribution >= 4 is 0 Å². The van der Waals surface area contributed by atoms with Gasteiger partial charge in [-0.25, -0.2) is 0 Å². The van der Waals surface area contributed by atoms with Gasteiger partial charge in [-0.1, -0.05) is 5.16 Å². The normalized spacial score (nSPS) is 27.2. The van der Waals surface area contributed by atoms with Crippen LogP contribution >= 0.6 is 0 Å². The van der Waals surface area contributed by atoms with Crippen molar-refractivity contribution in [3.05, 3.63) is 23.4 Å². The van der Waals surface area contributed by atoms with E-state index in [0.29, 0.717) is 36.6 Å². The lowest BCUT2D eigenvalue weighted by Gasteiger charge is -2.38. The van der Waals surface area contributed by atoms with E-state index < -0.39 is 5.60 Å². The van der Waals surface area contributed by atoms with Gasteiger partial charge in [-0.05, 0) is 52.0 Å². The van der Waals surface area contributed by atoms with Crippen molar-refractivity contribution in [3.8, 4) is 0 Å². The van der Waals surface area contributed by atoms with E-state index in [-0.39, 0.29) is 0 Å². The molecule has 0 bridgehead atoms. The van der Waals surface area contributed by atoms with Crippen molar-refractivity contribution in [2.75, 3.05) is 13.1 Å². The maximum Gasteiger partial charge on any atom is 0.229 e. The van der Waals surface area contributed by atoms with E-state index in [4.69, 9.17) is 4.52 Å². The molecule has 2 saturated carbocycles. The molecule has 3 fully saturated rings. The largest absolute Gasteiger partial charge is 0.388 e. The summed E-state index contributed by atoms with van der Waals surface area (Å²) in [7, 11) is 0. The van der Waals surface area contributed by atoms with Gasteiger partial charge in [0.05, 0.1) is 18.6 Å². The molecule has 0 radical (unpaired) electrons. The predicted octanol–water partition coefficient (Wildman–Crippen LogP) is 1.75. The molecule has 1 N–H and O–H groups in total. The van der Waals surface area contributed by atoms with Crippen LogP contribution in [0.15, 0.2) is 4.52 Å². The van der Waals surface area contributed by atoms with Crippen LogP contribution in [0.25, 0.3) is 0 Å². The van der Waals surface area contributed by atoms with E-state index in [0.717, 1.165) is 31.8 Å². The molecule has 140 valence electrons. The van der Waals surface area contributed by atoms with Gasteiger partial charge in [-0.2, -0.15) is 4.98 Å². The summed E-state index contributed by atoms with van der Waals surface area (Å²) in [5.41, 5.74) is -0.818. The number of piperidine rings is 1. The Bertz CT molecular complexity index is 793. The van der Waals surface area contributed by atoms with Crippen LogP contribution in [0.3, 0.4) is 0 Å². The van der Waals surface area contributed by atoms with E-state index >= 15 is 0 Å². The lowest BCUT2D eigenvalue weighted by atomic mass is 9.89. The van der Waals surface area contributed by atoms with Gasteiger partial charge < -0.3 is 14.2 Å². The number of aryl methyl sites for hydroxylation is 1. The Kier molecular flexibility index (Phi) is 3.86. The number of nitrogens with zero attached hydrogens (tertiary/aromatic N) is 6. The molecule has 0 spiro atoms. The van der Waals surface area contributed by atoms with Crippen LogP contribution in [0.2, 0.25) is 0 Å². The van der Waals surface area contributed by atoms with Gasteiger partial charge in [0.1, 0.15) is 11.6 Å². The van der Waals surface area contributed by atoms with Crippen molar-refractivity contribution < 1.29 is 9.63 Å². The molecule has 1 unspecified atom stereocenters. The van der Waals surface area contributed by atoms with Crippen molar-refractivity contribution in [1.29, 1.82) is 0 Å². The fourth-order valence-corrected chi connectivity index (χ4v) is 4.17. The van der Waals surface area contributed by atoms with Gasteiger partial charge in [-0.15, -0.1) is 10.2 Å². The molecule has 3 heterocycles. The third kappa shape index (κ3) is 3.27. The number of aromatic nitrogens is 5. The second-order valence-electron chi connectivity index (χ2n) is 8.30. The highest BCUT2D eigenvalue weighted by atomic mass is 16.5. The predicted molar refractivity (Wildman–Crippen MR) is 92.5 cm³/mol. The monoisotopic (exact) mass is 358 g/mol. The zero-order valence-corrected chi connectivity index (χ0v) is 15.3. The first-order chi connectivity index (χ1) is 12.6. The van der Waals surface area contributed by atoms with E-state index in [9.17, 15) is 5.11 Å². The lowest BCUT2D eigenvalue weighted by molar-refractivity contribution is -0.0382. The highest BCUT2D eigenvalue weighted by Crippen LogP contribution is 2.44. The molecule has 1 atom stereocenters. The van der Waals surface area contributed by atoms with E-state index in [1.807, 2.05) is 0 Å². The SMILES string of the molecule is Cc1noc(CC2(O)CCCN(Cc3nnc(C4CC4)n3C3CC3)C2)n1. The number of rotatable bonds is 6. The first-order valence-corrected chi connectivity index (χ1v) is 9.77. The Morgan fingerprint density at radius 1 is 1.23 bits per heavy atom. The molecule has 8 nitrogen and oxygen atoms in total. The van der Waals surface area contributed by atoms with Crippen molar-refractivity contribution in [2.24, 2.45) is 0 Å². The minimum atomic E-state index is -0.818. The lowest BCUT2D eigenvalue weighted by Crippen LogP contribution is -2.49. The fourth-order valence-electron chi connectivity index (χ4n) is 4.17. The molecule has 2 aromatic heterocycles. The summed E-state index contributed by atoms with van der Waals surface area (Å²) >= 11 is 0. The average molecular weight is 358 g/mol. The van der Waals surface area contributed by atoms with Gasteiger partial charge in [0.15, 0.2) is 5.82 Å². The molecule has 1 saturated heterocycles. The van der Waals surface area contributed by atoms with Gasteiger partial charge in [-0.3, -0.25) is 4.90 Å². The summed E-state index contributed by atoms with van der Waals surface area (Å²) in [6.07, 6.45) is 7.10. The number of β-amino-alcohol motifs (C(OH)–C–C–N with tert-alkyl or cyclic N) is 1. The standard InChI is InChI=1S/C18H26N6O2/c1-12-19-16(26-22-12)9-18(25)7-2-8-23(11-18)10-15-20-21-17(13-3-4-13)24(15)14-5-6-14/h13-14,25H,2-11H2,1H3. The number of hydrogen-bond donors (Lipinski definition) is 1. The van der Waals surface area contributed by atoms with Gasteiger partial charge >= 0.3 is 0 Å². The summed E-state index contributed by atoms with van der Waals surface area (Å²) in [5.74, 6) is 4.00. The Morgan fingerprint density at radius 3 is 2.77 bits per heavy atom. The van der Waals surface area contributed by atoms with Crippen LogP contribution in [0.4, 0.5) is 0 Å². The maximum absolute atomic E-state index is 11.1. The molecule has 3 aliphatic rings. The van der Waals surface area contributed by atoms with Crippen LogP contribution in [0.1, 0.15) is 73.8 Å². The maximum atomic E-state index is 11.1. The Balaban J connectivity index is 1.30. The molecule has 26 heavy (non-hydrogen) atoms. The second kappa shape index (κ2) is 6.13. The smallest absolute Gasteiger partial charge is 0.229 e. The summed E-state index contributed by atoms with van der Waals surface area (Å²) in [4.78, 5) is 6.55. The van der Waals surface area contributed by atoms with Crippen molar-refractivity contribution in [1.82, 2.24) is 29.8 Å². The van der Waals surface area contributed by atoms with Gasteiger partial charge in [0, 0.05) is 18.5 Å². The molecular formula is C18H26N6O2. The van der Waals surface area contributed by atoms with E-state index in [1.54, 1.807) is 6.92 Å². The quantitative estimate of drug-likeness (QED) is 0.841. The highest BCUT2D eigenvalue weighted by Gasteiger charge is 2.39. The number of hydrogen-bond acceptors (Lipinski definition) is 7. The van der Waals surface area contributed by atoms with E-state index in [2.05, 4.69) is 29.8 Å². The molecule has 2 aliphatic carbocycles. The zero-order chi connectivity index (χ0) is 17.7. The average Bonchev–Trinajstić information content (AvgIpc) is 3.52. The Labute approximate surface area is 152 Å².